The molecule has 0 spiro atoms. The summed E-state index contributed by atoms with van der Waals surface area (Å²) < 4.78 is 5.59. The summed E-state index contributed by atoms with van der Waals surface area (Å²) in [6, 6.07) is 6.24. The average molecular weight is 299 g/mol. The Labute approximate surface area is 132 Å². The molecule has 0 bridgehead atoms. The predicted molar refractivity (Wildman–Crippen MR) is 89.0 cm³/mol. The number of anilines is 1. The molecule has 0 saturated carbocycles. The highest BCUT2D eigenvalue weighted by Crippen LogP contribution is 2.48. The van der Waals surface area contributed by atoms with Crippen LogP contribution in [0.15, 0.2) is 30.5 Å². The lowest BCUT2D eigenvalue weighted by molar-refractivity contribution is -0.134. The minimum absolute atomic E-state index is 0.0536. The quantitative estimate of drug-likeness (QED) is 0.873. The van der Waals surface area contributed by atoms with Crippen LogP contribution in [0.4, 0.5) is 5.69 Å². The number of carbonyl (C=O) groups excluding carboxylic acids is 1. The zero-order chi connectivity index (χ0) is 16.0. The second-order valence-electron chi connectivity index (χ2n) is 7.47. The Balaban J connectivity index is 1.90. The number of benzene rings is 1. The topological polar surface area (TPSA) is 38.3 Å². The van der Waals surface area contributed by atoms with Crippen molar-refractivity contribution in [2.24, 2.45) is 0 Å². The van der Waals surface area contributed by atoms with Crippen molar-refractivity contribution >= 4 is 11.6 Å². The van der Waals surface area contributed by atoms with E-state index in [9.17, 15) is 4.79 Å². The van der Waals surface area contributed by atoms with Crippen LogP contribution in [0.2, 0.25) is 0 Å². The van der Waals surface area contributed by atoms with Crippen molar-refractivity contribution in [1.82, 2.24) is 0 Å². The Bertz CT molecular complexity index is 632. The monoisotopic (exact) mass is 299 g/mol. The Kier molecular flexibility index (Phi) is 3.54. The van der Waals surface area contributed by atoms with E-state index in [0.29, 0.717) is 12.3 Å². The van der Waals surface area contributed by atoms with E-state index in [1.165, 1.54) is 11.1 Å². The molecule has 2 unspecified atom stereocenters. The van der Waals surface area contributed by atoms with Crippen LogP contribution >= 0.6 is 0 Å². The number of hydrogen-bond acceptors (Lipinski definition) is 2. The van der Waals surface area contributed by atoms with Gasteiger partial charge in [-0.25, -0.2) is 0 Å². The van der Waals surface area contributed by atoms with E-state index in [-0.39, 0.29) is 11.3 Å². The summed E-state index contributed by atoms with van der Waals surface area (Å²) in [5.74, 6) is 0.406. The molecule has 118 valence electrons. The van der Waals surface area contributed by atoms with Crippen LogP contribution in [-0.2, 0) is 14.9 Å². The lowest BCUT2D eigenvalue weighted by atomic mass is 9.86. The minimum atomic E-state index is -0.769. The van der Waals surface area contributed by atoms with Crippen LogP contribution < -0.4 is 5.32 Å². The number of allylic oxidation sites excluding steroid dienone is 1. The maximum atomic E-state index is 12.7. The third kappa shape index (κ3) is 2.43. The first-order valence-electron chi connectivity index (χ1n) is 8.11. The van der Waals surface area contributed by atoms with Crippen LogP contribution in [0, 0.1) is 0 Å². The first-order valence-corrected chi connectivity index (χ1v) is 8.11. The molecule has 3 nitrogen and oxygen atoms in total. The number of ether oxygens (including phenoxy) is 1. The minimum Gasteiger partial charge on any atom is -0.486 e. The van der Waals surface area contributed by atoms with Gasteiger partial charge in [-0.15, -0.1) is 0 Å². The first-order chi connectivity index (χ1) is 10.3. The molecule has 0 radical (unpaired) electrons. The van der Waals surface area contributed by atoms with Gasteiger partial charge in [0.2, 0.25) is 0 Å². The molecule has 1 aromatic carbocycles. The fourth-order valence-corrected chi connectivity index (χ4v) is 3.88. The smallest absolute Gasteiger partial charge is 0.268 e. The first kappa shape index (κ1) is 15.1. The molecule has 3 rings (SSSR count). The average Bonchev–Trinajstić information content (AvgIpc) is 2.70. The summed E-state index contributed by atoms with van der Waals surface area (Å²) in [5, 5.41) is 3.12. The zero-order valence-corrected chi connectivity index (χ0v) is 13.9. The van der Waals surface area contributed by atoms with Crippen molar-refractivity contribution < 1.29 is 9.53 Å². The summed E-state index contributed by atoms with van der Waals surface area (Å²) in [4.78, 5) is 12.7. The highest BCUT2D eigenvalue weighted by molar-refractivity contribution is 5.98. The molecule has 1 amide bonds. The van der Waals surface area contributed by atoms with Gasteiger partial charge in [-0.05, 0) is 60.8 Å². The second-order valence-corrected chi connectivity index (χ2v) is 7.47. The molecule has 1 aliphatic heterocycles. The number of carbonyl (C=O) groups is 1. The van der Waals surface area contributed by atoms with Crippen molar-refractivity contribution in [3.05, 3.63) is 41.7 Å². The molecule has 3 heteroatoms. The molecule has 2 aliphatic rings. The number of amides is 1. The second kappa shape index (κ2) is 5.15. The molecule has 2 atom stereocenters. The summed E-state index contributed by atoms with van der Waals surface area (Å²) in [6.45, 7) is 8.65. The van der Waals surface area contributed by atoms with Crippen LogP contribution in [0.25, 0.3) is 0 Å². The van der Waals surface area contributed by atoms with Gasteiger partial charge in [0.25, 0.3) is 5.91 Å². The normalized spacial score (nSPS) is 28.8. The van der Waals surface area contributed by atoms with E-state index >= 15 is 0 Å². The number of hydrogen-bond donors (Lipinski definition) is 1. The van der Waals surface area contributed by atoms with Gasteiger partial charge in [0.15, 0.2) is 5.60 Å². The van der Waals surface area contributed by atoms with Crippen LogP contribution in [0.1, 0.15) is 64.0 Å². The Morgan fingerprint density at radius 1 is 1.32 bits per heavy atom. The van der Waals surface area contributed by atoms with Gasteiger partial charge < -0.3 is 10.1 Å². The summed E-state index contributed by atoms with van der Waals surface area (Å²) in [7, 11) is 0. The van der Waals surface area contributed by atoms with Crippen molar-refractivity contribution in [2.75, 3.05) is 5.32 Å². The number of nitrogens with one attached hydrogen (secondary N) is 1. The molecule has 1 N–H and O–H groups in total. The fraction of sp³-hybridized carbons (Fsp3) is 0.526. The Morgan fingerprint density at radius 2 is 2.09 bits per heavy atom. The highest BCUT2D eigenvalue weighted by atomic mass is 16.5. The number of rotatable bonds is 2. The highest BCUT2D eigenvalue weighted by Gasteiger charge is 2.39. The summed E-state index contributed by atoms with van der Waals surface area (Å²) in [5.41, 5.74) is 2.99. The van der Waals surface area contributed by atoms with E-state index < -0.39 is 5.60 Å². The van der Waals surface area contributed by atoms with Gasteiger partial charge >= 0.3 is 0 Å². The van der Waals surface area contributed by atoms with Crippen LogP contribution in [-0.4, -0.2) is 11.5 Å². The standard InChI is InChI=1S/C19H25NO2/c1-13-12-18(2,3)14-8-7-9-15(16(13)14)20-17(21)19(4)10-5-6-11-22-19/h6-9,11,13H,5,10,12H2,1-4H3,(H,20,21). The molecule has 22 heavy (non-hydrogen) atoms. The third-order valence-corrected chi connectivity index (χ3v) is 5.09. The van der Waals surface area contributed by atoms with Gasteiger partial charge in [-0.1, -0.05) is 32.9 Å². The predicted octanol–water partition coefficient (Wildman–Crippen LogP) is 4.49. The van der Waals surface area contributed by atoms with Crippen LogP contribution in [0.3, 0.4) is 0 Å². The van der Waals surface area contributed by atoms with Gasteiger partial charge in [-0.2, -0.15) is 0 Å². The molecule has 1 aliphatic carbocycles. The summed E-state index contributed by atoms with van der Waals surface area (Å²) in [6.07, 6.45) is 6.31. The maximum absolute atomic E-state index is 12.7. The molecule has 0 fully saturated rings. The van der Waals surface area contributed by atoms with E-state index in [1.807, 2.05) is 25.1 Å². The van der Waals surface area contributed by atoms with Gasteiger partial charge in [0.05, 0.1) is 6.26 Å². The largest absolute Gasteiger partial charge is 0.486 e. The van der Waals surface area contributed by atoms with E-state index in [4.69, 9.17) is 4.74 Å². The lowest BCUT2D eigenvalue weighted by Gasteiger charge is -2.30. The van der Waals surface area contributed by atoms with Gasteiger partial charge in [0.1, 0.15) is 0 Å². The van der Waals surface area contributed by atoms with Crippen molar-refractivity contribution in [3.63, 3.8) is 0 Å². The summed E-state index contributed by atoms with van der Waals surface area (Å²) >= 11 is 0. The van der Waals surface area contributed by atoms with E-state index in [1.54, 1.807) is 6.26 Å². The van der Waals surface area contributed by atoms with E-state index in [0.717, 1.165) is 18.5 Å². The van der Waals surface area contributed by atoms with Crippen molar-refractivity contribution in [3.8, 4) is 0 Å². The Morgan fingerprint density at radius 3 is 2.77 bits per heavy atom. The van der Waals surface area contributed by atoms with Gasteiger partial charge in [0, 0.05) is 5.69 Å². The lowest BCUT2D eigenvalue weighted by Crippen LogP contribution is -2.42. The van der Waals surface area contributed by atoms with Crippen molar-refractivity contribution in [1.29, 1.82) is 0 Å². The van der Waals surface area contributed by atoms with Crippen LogP contribution in [0.5, 0.6) is 0 Å². The maximum Gasteiger partial charge on any atom is 0.268 e. The fourth-order valence-electron chi connectivity index (χ4n) is 3.88. The zero-order valence-electron chi connectivity index (χ0n) is 13.9. The van der Waals surface area contributed by atoms with Gasteiger partial charge in [-0.3, -0.25) is 4.79 Å². The third-order valence-electron chi connectivity index (χ3n) is 5.09. The SMILES string of the molecule is CC1CC(C)(C)c2cccc(NC(=O)C3(C)CCC=CO3)c21. The molecule has 1 aromatic rings. The van der Waals surface area contributed by atoms with E-state index in [2.05, 4.69) is 32.2 Å². The van der Waals surface area contributed by atoms with Crippen molar-refractivity contribution in [2.45, 2.75) is 63.9 Å². The molecular weight excluding hydrogens is 274 g/mol. The molecule has 0 saturated heterocycles. The molecule has 1 heterocycles. The molecular formula is C19H25NO2. The Hall–Kier alpha value is -1.77. The molecule has 0 aromatic heterocycles. The number of fused-ring (bicyclic) bond motifs is 1.